The number of hydrogen-bond donors (Lipinski definition) is 0. The second-order valence-electron chi connectivity index (χ2n) is 3.45. The maximum absolute atomic E-state index is 11.6. The van der Waals surface area contributed by atoms with E-state index in [2.05, 4.69) is 0 Å². The molecular formula is C11H6Cl3NO2. The molecule has 2 rings (SSSR count). The van der Waals surface area contributed by atoms with Gasteiger partial charge in [-0.15, -0.1) is 0 Å². The lowest BCUT2D eigenvalue weighted by molar-refractivity contribution is -0.137. The van der Waals surface area contributed by atoms with Crippen LogP contribution in [-0.4, -0.2) is 16.7 Å². The summed E-state index contributed by atoms with van der Waals surface area (Å²) in [5, 5.41) is 0.123. The predicted octanol–water partition coefficient (Wildman–Crippen LogP) is 2.90. The van der Waals surface area contributed by atoms with Gasteiger partial charge in [-0.25, -0.2) is 0 Å². The van der Waals surface area contributed by atoms with Gasteiger partial charge in [0.1, 0.15) is 10.1 Å². The molecule has 0 atom stereocenters. The van der Waals surface area contributed by atoms with Crippen molar-refractivity contribution in [2.24, 2.45) is 0 Å². The molecule has 0 radical (unpaired) electrons. The van der Waals surface area contributed by atoms with Crippen LogP contribution in [0, 0.1) is 0 Å². The molecule has 0 saturated heterocycles. The van der Waals surface area contributed by atoms with Crippen LogP contribution in [0.3, 0.4) is 0 Å². The van der Waals surface area contributed by atoms with E-state index in [4.69, 9.17) is 34.8 Å². The Balaban J connectivity index is 2.19. The summed E-state index contributed by atoms with van der Waals surface area (Å²) in [6.45, 7) is 0.126. The van der Waals surface area contributed by atoms with Gasteiger partial charge in [-0.05, 0) is 17.7 Å². The molecule has 1 aromatic rings. The molecule has 1 aromatic carbocycles. The average Bonchev–Trinajstić information content (AvgIpc) is 2.50. The summed E-state index contributed by atoms with van der Waals surface area (Å²) in [5.74, 6) is -1.15. The van der Waals surface area contributed by atoms with Gasteiger partial charge >= 0.3 is 0 Å². The Morgan fingerprint density at radius 1 is 0.882 bits per heavy atom. The molecule has 1 heterocycles. The third kappa shape index (κ3) is 2.32. The topological polar surface area (TPSA) is 37.4 Å². The van der Waals surface area contributed by atoms with Gasteiger partial charge in [-0.1, -0.05) is 46.9 Å². The highest BCUT2D eigenvalue weighted by atomic mass is 35.5. The Bertz CT molecular complexity index is 498. The molecule has 0 bridgehead atoms. The van der Waals surface area contributed by atoms with E-state index in [0.717, 1.165) is 10.5 Å². The van der Waals surface area contributed by atoms with Crippen molar-refractivity contribution < 1.29 is 9.59 Å². The molecule has 0 fully saturated rings. The molecule has 1 aliphatic heterocycles. The smallest absolute Gasteiger partial charge is 0.268 e. The molecule has 0 spiro atoms. The van der Waals surface area contributed by atoms with Gasteiger partial charge in [-0.3, -0.25) is 14.5 Å². The van der Waals surface area contributed by atoms with Gasteiger partial charge < -0.3 is 0 Å². The predicted molar refractivity (Wildman–Crippen MR) is 65.7 cm³/mol. The van der Waals surface area contributed by atoms with E-state index in [1.54, 1.807) is 24.3 Å². The van der Waals surface area contributed by atoms with Gasteiger partial charge in [0.15, 0.2) is 0 Å². The average molecular weight is 291 g/mol. The second-order valence-corrected chi connectivity index (χ2v) is 4.64. The van der Waals surface area contributed by atoms with Crippen molar-refractivity contribution in [1.29, 1.82) is 0 Å². The van der Waals surface area contributed by atoms with Gasteiger partial charge in [0.05, 0.1) is 6.54 Å². The Labute approximate surface area is 113 Å². The van der Waals surface area contributed by atoms with Crippen molar-refractivity contribution in [2.45, 2.75) is 6.54 Å². The van der Waals surface area contributed by atoms with Crippen molar-refractivity contribution in [3.8, 4) is 0 Å². The molecule has 0 saturated carbocycles. The molecule has 6 heteroatoms. The van der Waals surface area contributed by atoms with E-state index in [0.29, 0.717) is 5.02 Å². The minimum absolute atomic E-state index is 0.126. The number of carbonyl (C=O) groups is 2. The molecule has 17 heavy (non-hydrogen) atoms. The zero-order valence-electron chi connectivity index (χ0n) is 8.41. The summed E-state index contributed by atoms with van der Waals surface area (Å²) in [6, 6.07) is 6.81. The number of amides is 2. The molecule has 0 aromatic heterocycles. The summed E-state index contributed by atoms with van der Waals surface area (Å²) in [5.41, 5.74) is 0.770. The SMILES string of the molecule is O=C1C(Cl)=C(Cl)C(=O)N1Cc1ccc(Cl)cc1. The summed E-state index contributed by atoms with van der Waals surface area (Å²) in [7, 11) is 0. The van der Waals surface area contributed by atoms with Crippen molar-refractivity contribution in [3.63, 3.8) is 0 Å². The van der Waals surface area contributed by atoms with Crippen molar-refractivity contribution in [2.75, 3.05) is 0 Å². The summed E-state index contributed by atoms with van der Waals surface area (Å²) >= 11 is 17.0. The Kier molecular flexibility index (Phi) is 3.43. The highest BCUT2D eigenvalue weighted by Crippen LogP contribution is 2.27. The van der Waals surface area contributed by atoms with E-state index in [-0.39, 0.29) is 16.6 Å². The molecule has 0 aliphatic carbocycles. The summed E-state index contributed by atoms with van der Waals surface area (Å²) in [6.07, 6.45) is 0. The second kappa shape index (κ2) is 4.69. The normalized spacial score (nSPS) is 16.1. The first-order valence-corrected chi connectivity index (χ1v) is 5.80. The molecule has 0 N–H and O–H groups in total. The number of rotatable bonds is 2. The van der Waals surface area contributed by atoms with Gasteiger partial charge in [0.25, 0.3) is 11.8 Å². The van der Waals surface area contributed by atoms with Crippen LogP contribution in [0.2, 0.25) is 5.02 Å². The van der Waals surface area contributed by atoms with Crippen molar-refractivity contribution >= 4 is 46.6 Å². The summed E-state index contributed by atoms with van der Waals surface area (Å²) < 4.78 is 0. The van der Waals surface area contributed by atoms with Crippen LogP contribution in [-0.2, 0) is 16.1 Å². The molecule has 2 amide bonds. The monoisotopic (exact) mass is 289 g/mol. The first kappa shape index (κ1) is 12.4. The maximum Gasteiger partial charge on any atom is 0.274 e. The molecule has 88 valence electrons. The molecular weight excluding hydrogens is 284 g/mol. The van der Waals surface area contributed by atoms with Crippen LogP contribution >= 0.6 is 34.8 Å². The number of halogens is 3. The Hall–Kier alpha value is -1.03. The zero-order valence-corrected chi connectivity index (χ0v) is 10.7. The van der Waals surface area contributed by atoms with Crippen LogP contribution in [0.5, 0.6) is 0 Å². The quantitative estimate of drug-likeness (QED) is 0.785. The minimum atomic E-state index is -0.573. The minimum Gasteiger partial charge on any atom is -0.268 e. The number of nitrogens with zero attached hydrogens (tertiary/aromatic N) is 1. The lowest BCUT2D eigenvalue weighted by Crippen LogP contribution is -2.30. The first-order valence-electron chi connectivity index (χ1n) is 4.66. The van der Waals surface area contributed by atoms with Crippen LogP contribution in [0.15, 0.2) is 34.3 Å². The van der Waals surface area contributed by atoms with E-state index >= 15 is 0 Å². The Morgan fingerprint density at radius 2 is 1.35 bits per heavy atom. The number of carbonyl (C=O) groups excluding carboxylic acids is 2. The molecule has 0 unspecified atom stereocenters. The largest absolute Gasteiger partial charge is 0.274 e. The number of imide groups is 1. The van der Waals surface area contributed by atoms with Crippen molar-refractivity contribution in [3.05, 3.63) is 44.9 Å². The molecule has 1 aliphatic rings. The van der Waals surface area contributed by atoms with Gasteiger partial charge in [-0.2, -0.15) is 0 Å². The van der Waals surface area contributed by atoms with Crippen LogP contribution in [0.4, 0.5) is 0 Å². The third-order valence-electron chi connectivity index (χ3n) is 2.31. The van der Waals surface area contributed by atoms with Crippen LogP contribution in [0.25, 0.3) is 0 Å². The fraction of sp³-hybridized carbons (Fsp3) is 0.0909. The highest BCUT2D eigenvalue weighted by molar-refractivity contribution is 6.58. The van der Waals surface area contributed by atoms with E-state index in [9.17, 15) is 9.59 Å². The fourth-order valence-electron chi connectivity index (χ4n) is 1.43. The van der Waals surface area contributed by atoms with E-state index < -0.39 is 11.8 Å². The standard InChI is InChI=1S/C11H6Cl3NO2/c12-7-3-1-6(2-4-7)5-15-10(16)8(13)9(14)11(15)17/h1-4H,5H2. The zero-order chi connectivity index (χ0) is 12.6. The lowest BCUT2D eigenvalue weighted by Gasteiger charge is -2.13. The number of benzene rings is 1. The Morgan fingerprint density at radius 3 is 1.82 bits per heavy atom. The number of hydrogen-bond acceptors (Lipinski definition) is 2. The van der Waals surface area contributed by atoms with Gasteiger partial charge in [0.2, 0.25) is 0 Å². The van der Waals surface area contributed by atoms with Crippen molar-refractivity contribution in [1.82, 2.24) is 4.90 Å². The van der Waals surface area contributed by atoms with Gasteiger partial charge in [0, 0.05) is 5.02 Å². The highest BCUT2D eigenvalue weighted by Gasteiger charge is 2.36. The first-order chi connectivity index (χ1) is 8.00. The van der Waals surface area contributed by atoms with Crippen LogP contribution < -0.4 is 0 Å². The van der Waals surface area contributed by atoms with E-state index in [1.807, 2.05) is 0 Å². The fourth-order valence-corrected chi connectivity index (χ4v) is 1.92. The van der Waals surface area contributed by atoms with Crippen LogP contribution in [0.1, 0.15) is 5.56 Å². The molecule has 3 nitrogen and oxygen atoms in total. The third-order valence-corrected chi connectivity index (χ3v) is 3.36. The van der Waals surface area contributed by atoms with E-state index in [1.165, 1.54) is 0 Å². The lowest BCUT2D eigenvalue weighted by atomic mass is 10.2. The maximum atomic E-state index is 11.6. The summed E-state index contributed by atoms with van der Waals surface area (Å²) in [4.78, 5) is 24.2.